The normalized spacial score (nSPS) is 16.6. The Morgan fingerprint density at radius 2 is 1.50 bits per heavy atom. The van der Waals surface area contributed by atoms with Gasteiger partial charge in [0.05, 0.1) is 13.2 Å². The molecule has 0 aliphatic rings. The molecule has 0 bridgehead atoms. The summed E-state index contributed by atoms with van der Waals surface area (Å²) in [6.45, 7) is 0.995. The van der Waals surface area contributed by atoms with Crippen LogP contribution in [0, 0.1) is 0 Å². The van der Waals surface area contributed by atoms with E-state index in [9.17, 15) is 5.11 Å². The van der Waals surface area contributed by atoms with Gasteiger partial charge in [-0.05, 0) is 0 Å². The average molecular weight is 298 g/mol. The van der Waals surface area contributed by atoms with Gasteiger partial charge in [-0.2, -0.15) is 0 Å². The van der Waals surface area contributed by atoms with E-state index in [2.05, 4.69) is 0 Å². The standard InChI is InChI=1S/C10H22O6.C2H4O2/c1-13-6-7(12)9(15-3)10(16-4)8(5-11)14-2;1-2(3)4/h7-12H,5-6H2,1-4H3;1H3,(H,3,4)/t7-,8+,9-,10-;/m1./s1. The number of methoxy groups -OCH3 is 4. The molecule has 0 unspecified atom stereocenters. The van der Waals surface area contributed by atoms with Crippen molar-refractivity contribution in [3.8, 4) is 0 Å². The minimum Gasteiger partial charge on any atom is -0.481 e. The first-order valence-corrected chi connectivity index (χ1v) is 5.95. The van der Waals surface area contributed by atoms with E-state index in [0.717, 1.165) is 6.92 Å². The molecule has 0 spiro atoms. The summed E-state index contributed by atoms with van der Waals surface area (Å²) in [4.78, 5) is 9.00. The summed E-state index contributed by atoms with van der Waals surface area (Å²) in [5.41, 5.74) is 0. The molecule has 0 aliphatic carbocycles. The largest absolute Gasteiger partial charge is 0.481 e. The van der Waals surface area contributed by atoms with E-state index in [0.29, 0.717) is 0 Å². The van der Waals surface area contributed by atoms with Crippen molar-refractivity contribution in [1.29, 1.82) is 0 Å². The summed E-state index contributed by atoms with van der Waals surface area (Å²) in [7, 11) is 5.87. The molecule has 0 saturated carbocycles. The monoisotopic (exact) mass is 298 g/mol. The summed E-state index contributed by atoms with van der Waals surface area (Å²) in [5.74, 6) is -0.833. The molecule has 4 atom stereocenters. The minimum atomic E-state index is -0.843. The quantitative estimate of drug-likeness (QED) is 0.503. The Bertz CT molecular complexity index is 227. The third-order valence-electron chi connectivity index (χ3n) is 2.43. The van der Waals surface area contributed by atoms with Crippen LogP contribution < -0.4 is 0 Å². The molecule has 0 heterocycles. The summed E-state index contributed by atoms with van der Waals surface area (Å²) in [6, 6.07) is 0. The molecule has 0 saturated heterocycles. The second-order valence-electron chi connectivity index (χ2n) is 3.90. The highest BCUT2D eigenvalue weighted by Gasteiger charge is 2.34. The van der Waals surface area contributed by atoms with Crippen LogP contribution in [0.25, 0.3) is 0 Å². The van der Waals surface area contributed by atoms with Crippen LogP contribution in [0.15, 0.2) is 0 Å². The Labute approximate surface area is 119 Å². The molecule has 0 aromatic carbocycles. The zero-order valence-corrected chi connectivity index (χ0v) is 12.6. The number of carbonyl (C=O) groups is 1. The first-order chi connectivity index (χ1) is 9.39. The van der Waals surface area contributed by atoms with Gasteiger partial charge < -0.3 is 34.3 Å². The molecule has 0 rings (SSSR count). The van der Waals surface area contributed by atoms with Gasteiger partial charge in [-0.15, -0.1) is 0 Å². The molecule has 122 valence electrons. The lowest BCUT2D eigenvalue weighted by Crippen LogP contribution is -2.50. The SMILES string of the molecule is CC(=O)O.COC[C@@H](O)[C@@H](OC)[C@H](OC)[C@H](CO)OC. The minimum absolute atomic E-state index is 0.125. The van der Waals surface area contributed by atoms with Crippen LogP contribution in [0.5, 0.6) is 0 Å². The van der Waals surface area contributed by atoms with Crippen LogP contribution in [0.3, 0.4) is 0 Å². The predicted molar refractivity (Wildman–Crippen MR) is 70.7 cm³/mol. The number of aliphatic hydroxyl groups excluding tert-OH is 2. The Morgan fingerprint density at radius 1 is 1.05 bits per heavy atom. The van der Waals surface area contributed by atoms with Crippen LogP contribution in [0.4, 0.5) is 0 Å². The molecule has 0 radical (unpaired) electrons. The van der Waals surface area contributed by atoms with Gasteiger partial charge in [0.2, 0.25) is 0 Å². The summed E-state index contributed by atoms with van der Waals surface area (Å²) in [6.07, 6.45) is -2.59. The average Bonchev–Trinajstić information content (AvgIpc) is 2.38. The maximum atomic E-state index is 9.78. The van der Waals surface area contributed by atoms with Crippen molar-refractivity contribution in [2.24, 2.45) is 0 Å². The Hall–Kier alpha value is -0.770. The number of aliphatic hydroxyl groups is 2. The zero-order valence-electron chi connectivity index (χ0n) is 12.6. The van der Waals surface area contributed by atoms with Crippen molar-refractivity contribution in [2.75, 3.05) is 41.7 Å². The van der Waals surface area contributed by atoms with E-state index in [1.807, 2.05) is 0 Å². The van der Waals surface area contributed by atoms with Crippen molar-refractivity contribution in [1.82, 2.24) is 0 Å². The van der Waals surface area contributed by atoms with E-state index in [1.54, 1.807) is 0 Å². The Kier molecular flexibility index (Phi) is 14.2. The lowest BCUT2D eigenvalue weighted by molar-refractivity contribution is -0.158. The predicted octanol–water partition coefficient (Wildman–Crippen LogP) is -0.878. The van der Waals surface area contributed by atoms with E-state index in [4.69, 9.17) is 34.0 Å². The van der Waals surface area contributed by atoms with Gasteiger partial charge in [-0.3, -0.25) is 4.79 Å². The molecule has 20 heavy (non-hydrogen) atoms. The maximum absolute atomic E-state index is 9.78. The van der Waals surface area contributed by atoms with Gasteiger partial charge in [-0.25, -0.2) is 0 Å². The van der Waals surface area contributed by atoms with Crippen molar-refractivity contribution in [2.45, 2.75) is 31.3 Å². The molecule has 3 N–H and O–H groups in total. The van der Waals surface area contributed by atoms with E-state index in [-0.39, 0.29) is 13.2 Å². The van der Waals surface area contributed by atoms with Crippen LogP contribution in [-0.2, 0) is 23.7 Å². The van der Waals surface area contributed by atoms with Gasteiger partial charge in [0.25, 0.3) is 5.97 Å². The summed E-state index contributed by atoms with van der Waals surface area (Å²) >= 11 is 0. The molecule has 8 heteroatoms. The highest BCUT2D eigenvalue weighted by Crippen LogP contribution is 2.14. The molecular formula is C12H26O8. The van der Waals surface area contributed by atoms with E-state index < -0.39 is 30.4 Å². The molecule has 0 amide bonds. The lowest BCUT2D eigenvalue weighted by atomic mass is 10.0. The number of rotatable bonds is 9. The second-order valence-corrected chi connectivity index (χ2v) is 3.90. The zero-order chi connectivity index (χ0) is 16.1. The van der Waals surface area contributed by atoms with Crippen molar-refractivity contribution >= 4 is 5.97 Å². The van der Waals surface area contributed by atoms with Crippen LogP contribution in [0.1, 0.15) is 6.92 Å². The topological polar surface area (TPSA) is 115 Å². The second kappa shape index (κ2) is 13.2. The van der Waals surface area contributed by atoms with Gasteiger partial charge in [-0.1, -0.05) is 0 Å². The number of hydrogen-bond donors (Lipinski definition) is 3. The number of hydrogen-bond acceptors (Lipinski definition) is 7. The number of carboxylic acids is 1. The molecule has 8 nitrogen and oxygen atoms in total. The first kappa shape index (κ1) is 21.5. The smallest absolute Gasteiger partial charge is 0.300 e. The number of carboxylic acid groups (broad SMARTS) is 1. The third-order valence-corrected chi connectivity index (χ3v) is 2.43. The van der Waals surface area contributed by atoms with Gasteiger partial charge >= 0.3 is 0 Å². The summed E-state index contributed by atoms with van der Waals surface area (Å²) < 4.78 is 20.2. The highest BCUT2D eigenvalue weighted by molar-refractivity contribution is 5.62. The van der Waals surface area contributed by atoms with Gasteiger partial charge in [0.15, 0.2) is 0 Å². The molecule has 0 aromatic rings. The van der Waals surface area contributed by atoms with Crippen LogP contribution in [-0.4, -0.2) is 87.4 Å². The molecule has 0 aliphatic heterocycles. The first-order valence-electron chi connectivity index (χ1n) is 5.95. The van der Waals surface area contributed by atoms with Crippen molar-refractivity contribution in [3.63, 3.8) is 0 Å². The van der Waals surface area contributed by atoms with Crippen LogP contribution >= 0.6 is 0 Å². The van der Waals surface area contributed by atoms with Gasteiger partial charge in [0.1, 0.15) is 24.4 Å². The van der Waals surface area contributed by atoms with E-state index in [1.165, 1.54) is 28.4 Å². The fraction of sp³-hybridized carbons (Fsp3) is 0.917. The van der Waals surface area contributed by atoms with Crippen molar-refractivity contribution in [3.05, 3.63) is 0 Å². The fourth-order valence-electron chi connectivity index (χ4n) is 1.59. The lowest BCUT2D eigenvalue weighted by Gasteiger charge is -2.32. The highest BCUT2D eigenvalue weighted by atomic mass is 16.6. The maximum Gasteiger partial charge on any atom is 0.300 e. The number of aliphatic carboxylic acids is 1. The Morgan fingerprint density at radius 3 is 1.75 bits per heavy atom. The molecule has 0 aromatic heterocycles. The Balaban J connectivity index is 0. The van der Waals surface area contributed by atoms with Gasteiger partial charge in [0, 0.05) is 35.4 Å². The van der Waals surface area contributed by atoms with Crippen molar-refractivity contribution < 1.29 is 39.1 Å². The summed E-state index contributed by atoms with van der Waals surface area (Å²) in [5, 5.41) is 26.3. The number of ether oxygens (including phenoxy) is 4. The van der Waals surface area contributed by atoms with Crippen LogP contribution in [0.2, 0.25) is 0 Å². The fourth-order valence-corrected chi connectivity index (χ4v) is 1.59. The third kappa shape index (κ3) is 9.18. The molecule has 0 fully saturated rings. The molecular weight excluding hydrogens is 272 g/mol. The van der Waals surface area contributed by atoms with E-state index >= 15 is 0 Å².